The van der Waals surface area contributed by atoms with Gasteiger partial charge in [0.25, 0.3) is 5.91 Å². The zero-order chi connectivity index (χ0) is 10.1. The lowest BCUT2D eigenvalue weighted by Gasteiger charge is -2.11. The van der Waals surface area contributed by atoms with Crippen molar-refractivity contribution < 1.29 is 4.79 Å². The van der Waals surface area contributed by atoms with Gasteiger partial charge in [0.05, 0.1) is 0 Å². The second-order valence-corrected chi connectivity index (χ2v) is 3.58. The number of hydrogen-bond acceptors (Lipinski definition) is 3. The van der Waals surface area contributed by atoms with Crippen LogP contribution in [0.4, 0.5) is 0 Å². The highest BCUT2D eigenvalue weighted by molar-refractivity contribution is 5.93. The van der Waals surface area contributed by atoms with E-state index in [9.17, 15) is 4.79 Å². The minimum Gasteiger partial charge on any atom is -0.289 e. The van der Waals surface area contributed by atoms with Crippen molar-refractivity contribution in [3.8, 4) is 0 Å². The number of nitrogens with one attached hydrogen (secondary N) is 1. The van der Waals surface area contributed by atoms with Crippen LogP contribution in [0.2, 0.25) is 0 Å². The summed E-state index contributed by atoms with van der Waals surface area (Å²) in [5.74, 6) is 4.81. The molecule has 5 nitrogen and oxygen atoms in total. The molecule has 3 N–H and O–H groups in total. The van der Waals surface area contributed by atoms with Crippen molar-refractivity contribution in [3.05, 3.63) is 17.0 Å². The molecule has 76 valence electrons. The highest BCUT2D eigenvalue weighted by atomic mass is 16.2. The quantitative estimate of drug-likeness (QED) is 0.372. The fourth-order valence-corrected chi connectivity index (χ4v) is 2.02. The van der Waals surface area contributed by atoms with E-state index in [0.29, 0.717) is 5.69 Å². The number of carbonyl (C=O) groups excluding carboxylic acids is 1. The summed E-state index contributed by atoms with van der Waals surface area (Å²) < 4.78 is 1.79. The average Bonchev–Trinajstić information content (AvgIpc) is 2.56. The average molecular weight is 194 g/mol. The number of nitrogens with two attached hydrogens (primary N) is 1. The number of aryl methyl sites for hydroxylation is 1. The third-order valence-corrected chi connectivity index (χ3v) is 2.71. The van der Waals surface area contributed by atoms with Crippen molar-refractivity contribution in [1.29, 1.82) is 0 Å². The van der Waals surface area contributed by atoms with Crippen LogP contribution in [0.3, 0.4) is 0 Å². The molecule has 0 unspecified atom stereocenters. The van der Waals surface area contributed by atoms with E-state index in [1.807, 2.05) is 7.05 Å². The van der Waals surface area contributed by atoms with Gasteiger partial charge in [0.2, 0.25) is 0 Å². The topological polar surface area (TPSA) is 72.9 Å². The molecular formula is C9H14N4O. The van der Waals surface area contributed by atoms with E-state index >= 15 is 0 Å². The van der Waals surface area contributed by atoms with Crippen LogP contribution in [0.5, 0.6) is 0 Å². The van der Waals surface area contributed by atoms with Gasteiger partial charge >= 0.3 is 0 Å². The Morgan fingerprint density at radius 3 is 2.93 bits per heavy atom. The molecule has 1 aromatic heterocycles. The van der Waals surface area contributed by atoms with Crippen LogP contribution in [0.25, 0.3) is 0 Å². The number of nitrogen functional groups attached to an aromatic ring is 1. The Bertz CT molecular complexity index is 369. The molecule has 5 heteroatoms. The van der Waals surface area contributed by atoms with Gasteiger partial charge in [-0.1, -0.05) is 0 Å². The summed E-state index contributed by atoms with van der Waals surface area (Å²) in [7, 11) is 1.87. The minimum absolute atomic E-state index is 0.288. The lowest BCUT2D eigenvalue weighted by Crippen LogP contribution is -2.31. The molecule has 0 saturated heterocycles. The summed E-state index contributed by atoms with van der Waals surface area (Å²) >= 11 is 0. The number of aromatic nitrogens is 2. The molecule has 1 aliphatic rings. The Morgan fingerprint density at radius 1 is 1.50 bits per heavy atom. The molecular weight excluding hydrogens is 180 g/mol. The maximum absolute atomic E-state index is 11.4. The highest BCUT2D eigenvalue weighted by Gasteiger charge is 2.22. The Hall–Kier alpha value is -1.36. The molecule has 0 bridgehead atoms. The van der Waals surface area contributed by atoms with Gasteiger partial charge < -0.3 is 0 Å². The number of carbonyl (C=O) groups is 1. The molecule has 0 spiro atoms. The first kappa shape index (κ1) is 9.21. The van der Waals surface area contributed by atoms with Crippen LogP contribution in [-0.4, -0.2) is 15.7 Å². The van der Waals surface area contributed by atoms with Gasteiger partial charge in [0, 0.05) is 18.3 Å². The predicted octanol–water partition coefficient (Wildman–Crippen LogP) is -0.0976. The first-order valence-corrected chi connectivity index (χ1v) is 4.79. The van der Waals surface area contributed by atoms with Gasteiger partial charge in [-0.2, -0.15) is 5.10 Å². The van der Waals surface area contributed by atoms with E-state index in [1.54, 1.807) is 4.68 Å². The Balaban J connectivity index is 2.46. The lowest BCUT2D eigenvalue weighted by molar-refractivity contribution is 0.0947. The van der Waals surface area contributed by atoms with Crippen LogP contribution in [0, 0.1) is 0 Å². The highest BCUT2D eigenvalue weighted by Crippen LogP contribution is 2.23. The van der Waals surface area contributed by atoms with Gasteiger partial charge in [-0.05, 0) is 25.7 Å². The van der Waals surface area contributed by atoms with Gasteiger partial charge in [0.15, 0.2) is 5.69 Å². The van der Waals surface area contributed by atoms with E-state index < -0.39 is 0 Å². The summed E-state index contributed by atoms with van der Waals surface area (Å²) in [5, 5.41) is 4.19. The van der Waals surface area contributed by atoms with Crippen molar-refractivity contribution in [1.82, 2.24) is 15.2 Å². The first-order chi connectivity index (χ1) is 6.74. The summed E-state index contributed by atoms with van der Waals surface area (Å²) in [6, 6.07) is 0. The molecule has 0 aliphatic heterocycles. The lowest BCUT2D eigenvalue weighted by atomic mass is 9.95. The van der Waals surface area contributed by atoms with Gasteiger partial charge in [-0.3, -0.25) is 14.9 Å². The molecule has 1 aromatic rings. The van der Waals surface area contributed by atoms with Crippen molar-refractivity contribution in [2.24, 2.45) is 12.9 Å². The molecule has 0 radical (unpaired) electrons. The van der Waals surface area contributed by atoms with Crippen LogP contribution < -0.4 is 11.3 Å². The normalized spacial score (nSPS) is 15.0. The monoisotopic (exact) mass is 194 g/mol. The van der Waals surface area contributed by atoms with Crippen LogP contribution in [-0.2, 0) is 19.9 Å². The van der Waals surface area contributed by atoms with Gasteiger partial charge in [-0.15, -0.1) is 0 Å². The van der Waals surface area contributed by atoms with Gasteiger partial charge in [-0.25, -0.2) is 5.84 Å². The molecule has 2 rings (SSSR count). The second kappa shape index (κ2) is 3.42. The minimum atomic E-state index is -0.288. The van der Waals surface area contributed by atoms with Crippen LogP contribution in [0.1, 0.15) is 34.6 Å². The largest absolute Gasteiger partial charge is 0.289 e. The summed E-state index contributed by atoms with van der Waals surface area (Å²) in [4.78, 5) is 11.4. The fraction of sp³-hybridized carbons (Fsp3) is 0.556. The summed E-state index contributed by atoms with van der Waals surface area (Å²) in [5.41, 5.74) is 4.87. The molecule has 0 fully saturated rings. The smallest absolute Gasteiger partial charge is 0.285 e. The summed E-state index contributed by atoms with van der Waals surface area (Å²) in [6.07, 6.45) is 4.25. The molecule has 0 saturated carbocycles. The third kappa shape index (κ3) is 1.29. The molecule has 1 amide bonds. The number of amides is 1. The maximum atomic E-state index is 11.4. The van der Waals surface area contributed by atoms with Crippen LogP contribution >= 0.6 is 0 Å². The van der Waals surface area contributed by atoms with Crippen LogP contribution in [0.15, 0.2) is 0 Å². The zero-order valence-electron chi connectivity index (χ0n) is 8.21. The van der Waals surface area contributed by atoms with E-state index in [-0.39, 0.29) is 5.91 Å². The Labute approximate surface area is 82.2 Å². The molecule has 14 heavy (non-hydrogen) atoms. The zero-order valence-corrected chi connectivity index (χ0v) is 8.21. The molecule has 1 heterocycles. The Kier molecular flexibility index (Phi) is 2.25. The number of hydrogen-bond donors (Lipinski definition) is 2. The second-order valence-electron chi connectivity index (χ2n) is 3.58. The van der Waals surface area contributed by atoms with Crippen molar-refractivity contribution >= 4 is 5.91 Å². The first-order valence-electron chi connectivity index (χ1n) is 4.79. The number of hydrazine groups is 1. The van der Waals surface area contributed by atoms with Crippen molar-refractivity contribution in [2.45, 2.75) is 25.7 Å². The Morgan fingerprint density at radius 2 is 2.21 bits per heavy atom. The SMILES string of the molecule is Cn1nc(C(=O)NN)c2c1CCCC2. The molecule has 0 aromatic carbocycles. The van der Waals surface area contributed by atoms with Gasteiger partial charge in [0.1, 0.15) is 0 Å². The van der Waals surface area contributed by atoms with Crippen molar-refractivity contribution in [2.75, 3.05) is 0 Å². The van der Waals surface area contributed by atoms with E-state index in [0.717, 1.165) is 24.8 Å². The number of nitrogens with zero attached hydrogens (tertiary/aromatic N) is 2. The van der Waals surface area contributed by atoms with Crippen molar-refractivity contribution in [3.63, 3.8) is 0 Å². The number of rotatable bonds is 1. The van der Waals surface area contributed by atoms with E-state index in [2.05, 4.69) is 10.5 Å². The standard InChI is InChI=1S/C9H14N4O/c1-13-7-5-3-2-4-6(7)8(12-13)9(14)11-10/h2-5,10H2,1H3,(H,11,14). The van der Waals surface area contributed by atoms with E-state index in [1.165, 1.54) is 12.1 Å². The third-order valence-electron chi connectivity index (χ3n) is 2.71. The predicted molar refractivity (Wildman–Crippen MR) is 51.5 cm³/mol. The summed E-state index contributed by atoms with van der Waals surface area (Å²) in [6.45, 7) is 0. The maximum Gasteiger partial charge on any atom is 0.285 e. The van der Waals surface area contributed by atoms with E-state index in [4.69, 9.17) is 5.84 Å². The molecule has 1 aliphatic carbocycles. The fourth-order valence-electron chi connectivity index (χ4n) is 2.02. The number of fused-ring (bicyclic) bond motifs is 1. The molecule has 0 atom stereocenters.